The van der Waals surface area contributed by atoms with Gasteiger partial charge in [0.1, 0.15) is 97.7 Å². The lowest BCUT2D eigenvalue weighted by atomic mass is 9.83. The third kappa shape index (κ3) is 20.5. The molecule has 0 aromatic carbocycles. The second-order valence-corrected chi connectivity index (χ2v) is 27.2. The lowest BCUT2D eigenvalue weighted by Gasteiger charge is -2.57. The molecular weight excluding hydrogens is 1460 g/mol. The van der Waals surface area contributed by atoms with Crippen LogP contribution in [0.2, 0.25) is 0 Å². The Labute approximate surface area is 532 Å². The minimum atomic E-state index is -6.20. The maximum Gasteiger partial charge on any atom is 0.397 e. The van der Waals surface area contributed by atoms with Crippen molar-refractivity contribution in [1.82, 2.24) is 0 Å². The molecule has 0 aromatic heterocycles. The number of hydrogen-bond acceptors (Lipinski definition) is 40. The number of ether oxygens (including phenoxy) is 17. The molecule has 0 radical (unpaired) electrons. The standard InChI is InChI=1S/C38H62O49S7/c1-64-15-12(8-72-88(43,44)45)76-33(25(68-5)18(15)65-2)80-20-19(66-3)26(69-6)34(81-24(20)31(39)40)78-16-14(10-74-90(49,50)51)77-35(29(87-94(61,62)63)22(16)85-92(55,56)57)82-30-23(67-4)27-36(83-38(30,11-71-27)37(41)42)79-17-13(9-73-89(46,47)48)75-32(70-7)28(86-93(58,59)60)21(17)84-91(52,53)54/h12-30,32-36H,8-11H2,1-7H3,(H,39,40)(H,41,42)(H,43,44,45)(H,46,47,48)(H,49,50,51)(H,52,53,54)(H,55,56,57)(H,58,59,60)(H,61,62,63)/t12-,13-,14-,15-,16-,17-,18+,19+,20+,21+,22+,23-,24+,25-,26-,27-,28-,29-,30+,32-,33-,34-,35-,36-,38+/m0/s1. The fourth-order valence-corrected chi connectivity index (χ4v) is 13.5. The number of hydrogen-bond donors (Lipinski definition) is 9. The molecule has 2 bridgehead atoms. The van der Waals surface area contributed by atoms with E-state index >= 15 is 0 Å². The van der Waals surface area contributed by atoms with Gasteiger partial charge in [0.25, 0.3) is 0 Å². The van der Waals surface area contributed by atoms with E-state index in [1.54, 1.807) is 0 Å². The first-order valence-electron chi connectivity index (χ1n) is 25.4. The molecule has 0 aromatic rings. The Hall–Kier alpha value is -2.65. The lowest BCUT2D eigenvalue weighted by Crippen LogP contribution is -2.77. The predicted octanol–water partition coefficient (Wildman–Crippen LogP) is -7.96. The van der Waals surface area contributed by atoms with Crippen LogP contribution in [-0.2, 0) is 192 Å². The number of methoxy groups -OCH3 is 7. The van der Waals surface area contributed by atoms with E-state index in [4.69, 9.17) is 88.9 Å². The van der Waals surface area contributed by atoms with Gasteiger partial charge in [-0.05, 0) is 0 Å². The third-order valence-corrected chi connectivity index (χ3v) is 17.3. The summed E-state index contributed by atoms with van der Waals surface area (Å²) in [6.07, 6.45) is -55.7. The molecular formula is C38H62O49S7. The highest BCUT2D eigenvalue weighted by Gasteiger charge is 2.69. The molecule has 7 fully saturated rings. The highest BCUT2D eigenvalue weighted by molar-refractivity contribution is 7.82. The van der Waals surface area contributed by atoms with Crippen LogP contribution < -0.4 is 0 Å². The number of carboxylic acids is 2. The molecule has 7 heterocycles. The third-order valence-electron chi connectivity index (χ3n) is 14.1. The minimum absolute atomic E-state index is 0.712. The minimum Gasteiger partial charge on any atom is -0.479 e. The summed E-state index contributed by atoms with van der Waals surface area (Å²) in [6.45, 7) is -5.64. The van der Waals surface area contributed by atoms with Crippen LogP contribution in [0.3, 0.4) is 0 Å². The Morgan fingerprint density at radius 3 is 1.09 bits per heavy atom. The largest absolute Gasteiger partial charge is 0.479 e. The van der Waals surface area contributed by atoms with Crippen LogP contribution >= 0.6 is 0 Å². The Kier molecular flexibility index (Phi) is 26.9. The van der Waals surface area contributed by atoms with Crippen LogP contribution in [0.4, 0.5) is 0 Å². The number of carboxylic acid groups (broad SMARTS) is 2. The summed E-state index contributed by atoms with van der Waals surface area (Å²) in [5.74, 6) is -4.29. The Balaban J connectivity index is 1.43. The second kappa shape index (κ2) is 31.5. The van der Waals surface area contributed by atoms with Gasteiger partial charge in [-0.15, -0.1) is 0 Å². The smallest absolute Gasteiger partial charge is 0.397 e. The van der Waals surface area contributed by atoms with E-state index < -0.39 is 264 Å². The van der Waals surface area contributed by atoms with Gasteiger partial charge < -0.3 is 90.7 Å². The van der Waals surface area contributed by atoms with E-state index in [9.17, 15) is 111 Å². The maximum absolute atomic E-state index is 13.7. The van der Waals surface area contributed by atoms with Gasteiger partial charge in [0.15, 0.2) is 49.8 Å². The monoisotopic (exact) mass is 1530 g/mol. The molecule has 0 aliphatic carbocycles. The van der Waals surface area contributed by atoms with Gasteiger partial charge in [0.05, 0.1) is 26.4 Å². The summed E-state index contributed by atoms with van der Waals surface area (Å²) in [5, 5.41) is 21.7. The Bertz CT molecular complexity index is 3410. The molecule has 0 spiro atoms. The first kappa shape index (κ1) is 80.3. The topological polar surface area (TPSA) is 677 Å². The van der Waals surface area contributed by atoms with E-state index in [1.165, 1.54) is 0 Å². The van der Waals surface area contributed by atoms with E-state index in [0.717, 1.165) is 42.7 Å². The second-order valence-electron chi connectivity index (χ2n) is 19.7. The van der Waals surface area contributed by atoms with Gasteiger partial charge in [-0.3, -0.25) is 31.9 Å². The zero-order valence-electron chi connectivity index (χ0n) is 48.4. The Morgan fingerprint density at radius 2 is 0.713 bits per heavy atom. The average molecular weight is 1530 g/mol. The predicted molar refractivity (Wildman–Crippen MR) is 277 cm³/mol. The summed E-state index contributed by atoms with van der Waals surface area (Å²) >= 11 is 0. The summed E-state index contributed by atoms with van der Waals surface area (Å²) in [7, 11) is -34.1. The molecule has 56 heteroatoms. The fourth-order valence-electron chi connectivity index (χ4n) is 10.6. The summed E-state index contributed by atoms with van der Waals surface area (Å²) < 4.78 is 367. The van der Waals surface area contributed by atoms with Crippen molar-refractivity contribution >= 4 is 84.7 Å². The number of carbonyl (C=O) groups is 2. The first-order chi connectivity index (χ1) is 43.2. The zero-order valence-corrected chi connectivity index (χ0v) is 54.1. The SMILES string of the molecule is CO[C@H]1O[C@@H](COS(=O)(=O)O)[C@H](O[C@H]2O[C@]3(C(=O)O)CO[C@H]2[C@H](OC)[C@H]3O[C@@H]2O[C@@H](COS(=O)(=O)O)[C@H](O[C@H]3O[C@@H](C(=O)O)[C@H](O[C@@H]4O[C@@H](COS(=O)(=O)O)[C@H](OC)[C@@H](OC)[C@@H]4OC)[C@@H](OC)[C@@H]3OC)[C@@H](OS(=O)(=O)O)[C@@H]2OS(=O)(=O)O)[C@@H](OS(=O)(=O)O)[C@@H]1OS(=O)(=O)O. The van der Waals surface area contributed by atoms with Gasteiger partial charge in [-0.2, -0.15) is 58.9 Å². The van der Waals surface area contributed by atoms with Crippen LogP contribution in [0.25, 0.3) is 0 Å². The summed E-state index contributed by atoms with van der Waals surface area (Å²) in [4.78, 5) is 26.9. The molecule has 7 saturated heterocycles. The molecule has 0 unspecified atom stereocenters. The highest BCUT2D eigenvalue weighted by atomic mass is 32.3. The highest BCUT2D eigenvalue weighted by Crippen LogP contribution is 2.46. The van der Waals surface area contributed by atoms with E-state index in [0.29, 0.717) is 7.11 Å². The van der Waals surface area contributed by atoms with E-state index in [-0.39, 0.29) is 0 Å². The van der Waals surface area contributed by atoms with Crippen molar-refractivity contribution in [1.29, 1.82) is 0 Å². The summed E-state index contributed by atoms with van der Waals surface area (Å²) in [6, 6.07) is 0. The van der Waals surface area contributed by atoms with Gasteiger partial charge >= 0.3 is 84.7 Å². The number of rotatable bonds is 34. The van der Waals surface area contributed by atoms with Crippen molar-refractivity contribution < 1.29 is 220 Å². The average Bonchev–Trinajstić information content (AvgIpc) is 0.721. The molecule has 7 rings (SSSR count). The van der Waals surface area contributed by atoms with Crippen LogP contribution in [-0.4, -0.2) is 342 Å². The molecule has 94 heavy (non-hydrogen) atoms. The molecule has 25 atom stereocenters. The summed E-state index contributed by atoms with van der Waals surface area (Å²) in [5.41, 5.74) is -3.36. The van der Waals surface area contributed by atoms with Gasteiger partial charge in [0, 0.05) is 49.8 Å². The van der Waals surface area contributed by atoms with Crippen molar-refractivity contribution in [3.8, 4) is 0 Å². The molecule has 0 saturated carbocycles. The molecule has 7 aliphatic rings. The maximum atomic E-state index is 13.7. The normalized spacial score (nSPS) is 38.9. The van der Waals surface area contributed by atoms with Gasteiger partial charge in [0.2, 0.25) is 5.60 Å². The van der Waals surface area contributed by atoms with Crippen molar-refractivity contribution in [2.45, 2.75) is 153 Å². The quantitative estimate of drug-likeness (QED) is 0.0270. The fraction of sp³-hybridized carbons (Fsp3) is 0.947. The molecule has 7 aliphatic heterocycles. The Morgan fingerprint density at radius 1 is 0.372 bits per heavy atom. The molecule has 0 amide bonds. The first-order valence-corrected chi connectivity index (χ1v) is 35.0. The van der Waals surface area contributed by atoms with Gasteiger partial charge in [-0.25, -0.2) is 38.9 Å². The molecule has 550 valence electrons. The molecule has 49 nitrogen and oxygen atoms in total. The molecule has 9 N–H and O–H groups in total. The number of aliphatic carboxylic acids is 2. The van der Waals surface area contributed by atoms with Crippen LogP contribution in [0, 0.1) is 0 Å². The van der Waals surface area contributed by atoms with E-state index in [2.05, 4.69) is 20.9 Å². The zero-order chi connectivity index (χ0) is 70.8. The van der Waals surface area contributed by atoms with Crippen molar-refractivity contribution in [2.75, 3.05) is 76.2 Å². The van der Waals surface area contributed by atoms with Crippen LogP contribution in [0.1, 0.15) is 0 Å². The lowest BCUT2D eigenvalue weighted by molar-refractivity contribution is -0.427. The van der Waals surface area contributed by atoms with Crippen molar-refractivity contribution in [2.24, 2.45) is 0 Å². The van der Waals surface area contributed by atoms with Gasteiger partial charge in [-0.1, -0.05) is 0 Å². The van der Waals surface area contributed by atoms with E-state index in [1.807, 2.05) is 0 Å². The van der Waals surface area contributed by atoms with Crippen molar-refractivity contribution in [3.05, 3.63) is 0 Å². The van der Waals surface area contributed by atoms with Crippen LogP contribution in [0.15, 0.2) is 0 Å². The number of fused-ring (bicyclic) bond motifs is 3. The van der Waals surface area contributed by atoms with Crippen molar-refractivity contribution in [3.63, 3.8) is 0 Å². The van der Waals surface area contributed by atoms with Crippen LogP contribution in [0.5, 0.6) is 0 Å².